The number of hydrogen-bond acceptors (Lipinski definition) is 5. The maximum atomic E-state index is 13.0. The van der Waals surface area contributed by atoms with Crippen molar-refractivity contribution in [3.63, 3.8) is 0 Å². The van der Waals surface area contributed by atoms with Gasteiger partial charge in [0, 0.05) is 25.0 Å². The van der Waals surface area contributed by atoms with E-state index in [1.807, 2.05) is 27.7 Å². The Hall–Kier alpha value is -3.42. The van der Waals surface area contributed by atoms with E-state index in [0.717, 1.165) is 0 Å². The highest BCUT2D eigenvalue weighted by Crippen LogP contribution is 2.15. The number of amides is 2. The quantitative estimate of drug-likeness (QED) is 0.630. The number of carbonyl (C=O) groups excluding carboxylic acids is 3. The van der Waals surface area contributed by atoms with Crippen LogP contribution in [0, 0.1) is 5.92 Å². The van der Waals surface area contributed by atoms with Crippen LogP contribution in [-0.2, 0) is 9.53 Å². The molecule has 8 heteroatoms. The van der Waals surface area contributed by atoms with E-state index < -0.39 is 29.3 Å². The summed E-state index contributed by atoms with van der Waals surface area (Å²) < 4.78 is 6.43. The Morgan fingerprint density at radius 2 is 1.55 bits per heavy atom. The lowest BCUT2D eigenvalue weighted by atomic mass is 10.1. The molecule has 31 heavy (non-hydrogen) atoms. The lowest BCUT2D eigenvalue weighted by Crippen LogP contribution is -2.39. The number of ether oxygens (including phenoxy) is 1. The second kappa shape index (κ2) is 10.6. The molecule has 0 saturated heterocycles. The van der Waals surface area contributed by atoms with Crippen LogP contribution in [0.3, 0.4) is 0 Å². The normalized spacial score (nSPS) is 11.8. The zero-order valence-corrected chi connectivity index (χ0v) is 18.5. The van der Waals surface area contributed by atoms with Crippen molar-refractivity contribution in [3.8, 4) is 0 Å². The van der Waals surface area contributed by atoms with Crippen molar-refractivity contribution in [2.45, 2.75) is 39.8 Å². The van der Waals surface area contributed by atoms with Crippen LogP contribution in [0.5, 0.6) is 0 Å². The molecule has 0 fully saturated rings. The Morgan fingerprint density at radius 3 is 2.06 bits per heavy atom. The van der Waals surface area contributed by atoms with Crippen LogP contribution in [0.25, 0.3) is 0 Å². The van der Waals surface area contributed by atoms with E-state index >= 15 is 0 Å². The van der Waals surface area contributed by atoms with Crippen LogP contribution in [0.1, 0.15) is 66.1 Å². The average Bonchev–Trinajstić information content (AvgIpc) is 2.75. The Balaban J connectivity index is 2.45. The van der Waals surface area contributed by atoms with Crippen LogP contribution in [0.4, 0.5) is 0 Å². The Bertz CT molecular complexity index is 996. The average molecular weight is 428 g/mol. The lowest BCUT2D eigenvalue weighted by molar-refractivity contribution is -0.143. The van der Waals surface area contributed by atoms with E-state index in [1.165, 1.54) is 19.5 Å². The van der Waals surface area contributed by atoms with E-state index in [4.69, 9.17) is 4.74 Å². The number of methoxy groups -OCH3 is 1. The Morgan fingerprint density at radius 1 is 0.968 bits per heavy atom. The predicted octanol–water partition coefficient (Wildman–Crippen LogP) is 2.46. The van der Waals surface area contributed by atoms with Gasteiger partial charge in [-0.15, -0.1) is 0 Å². The molecule has 0 spiro atoms. The smallest absolute Gasteiger partial charge is 0.333 e. The first-order valence-electron chi connectivity index (χ1n) is 10.1. The van der Waals surface area contributed by atoms with Gasteiger partial charge >= 0.3 is 5.97 Å². The van der Waals surface area contributed by atoms with Crippen LogP contribution in [0.2, 0.25) is 0 Å². The van der Waals surface area contributed by atoms with Crippen molar-refractivity contribution >= 4 is 17.8 Å². The fourth-order valence-electron chi connectivity index (χ4n) is 2.86. The molecule has 1 aromatic carbocycles. The molecule has 8 nitrogen and oxygen atoms in total. The molecule has 166 valence electrons. The molecule has 0 saturated carbocycles. The van der Waals surface area contributed by atoms with Crippen molar-refractivity contribution in [3.05, 3.63) is 69.6 Å². The Labute approximate surface area is 181 Å². The topological polar surface area (TPSA) is 106 Å². The number of rotatable bonds is 8. The first kappa shape index (κ1) is 23.9. The van der Waals surface area contributed by atoms with Crippen molar-refractivity contribution in [1.82, 2.24) is 15.2 Å². The fraction of sp³-hybridized carbons (Fsp3) is 0.391. The van der Waals surface area contributed by atoms with Crippen molar-refractivity contribution < 1.29 is 19.1 Å². The van der Waals surface area contributed by atoms with Gasteiger partial charge in [-0.25, -0.2) is 4.79 Å². The van der Waals surface area contributed by atoms with Crippen LogP contribution < -0.4 is 16.1 Å². The molecular weight excluding hydrogens is 398 g/mol. The molecule has 2 amide bonds. The largest absolute Gasteiger partial charge is 0.467 e. The summed E-state index contributed by atoms with van der Waals surface area (Å²) in [5.74, 6) is -1.78. The molecule has 0 aliphatic rings. The highest BCUT2D eigenvalue weighted by molar-refractivity contribution is 6.00. The molecule has 1 aromatic heterocycles. The summed E-state index contributed by atoms with van der Waals surface area (Å²) in [6.45, 7) is 8.00. The predicted molar refractivity (Wildman–Crippen MR) is 117 cm³/mol. The second-order valence-electron chi connectivity index (χ2n) is 7.90. The van der Waals surface area contributed by atoms with Gasteiger partial charge in [-0.05, 0) is 25.3 Å². The van der Waals surface area contributed by atoms with Crippen molar-refractivity contribution in [2.75, 3.05) is 13.7 Å². The first-order chi connectivity index (χ1) is 14.6. The molecule has 0 radical (unpaired) electrons. The van der Waals surface area contributed by atoms with E-state index in [1.54, 1.807) is 34.9 Å². The SMILES string of the molecule is COC(=O)[C@@H](NC(=O)c1cn(C(C)C)cc(C(=O)NCC(C)C)c1=O)c1ccccc1. The van der Waals surface area contributed by atoms with E-state index in [9.17, 15) is 19.2 Å². The Kier molecular flexibility index (Phi) is 8.13. The van der Waals surface area contributed by atoms with Gasteiger partial charge < -0.3 is 19.9 Å². The van der Waals surface area contributed by atoms with Crippen molar-refractivity contribution in [1.29, 1.82) is 0 Å². The molecule has 0 aliphatic heterocycles. The van der Waals surface area contributed by atoms with E-state index in [-0.39, 0.29) is 23.1 Å². The number of hydrogen-bond donors (Lipinski definition) is 2. The summed E-state index contributed by atoms with van der Waals surface area (Å²) in [5.41, 5.74) is -0.544. The number of nitrogens with one attached hydrogen (secondary N) is 2. The second-order valence-corrected chi connectivity index (χ2v) is 7.90. The fourth-order valence-corrected chi connectivity index (χ4v) is 2.86. The zero-order chi connectivity index (χ0) is 23.1. The zero-order valence-electron chi connectivity index (χ0n) is 18.5. The third-order valence-electron chi connectivity index (χ3n) is 4.65. The summed E-state index contributed by atoms with van der Waals surface area (Å²) in [7, 11) is 1.22. The highest BCUT2D eigenvalue weighted by Gasteiger charge is 2.27. The number of carbonyl (C=O) groups is 3. The summed E-state index contributed by atoms with van der Waals surface area (Å²) in [6.07, 6.45) is 2.83. The molecule has 0 aliphatic carbocycles. The minimum atomic E-state index is -1.09. The highest BCUT2D eigenvalue weighted by atomic mass is 16.5. The van der Waals surface area contributed by atoms with Crippen LogP contribution in [-0.4, -0.2) is 36.0 Å². The van der Waals surface area contributed by atoms with Gasteiger partial charge in [0.15, 0.2) is 6.04 Å². The van der Waals surface area contributed by atoms with Crippen LogP contribution >= 0.6 is 0 Å². The molecule has 0 unspecified atom stereocenters. The van der Waals surface area contributed by atoms with Crippen LogP contribution in [0.15, 0.2) is 47.5 Å². The van der Waals surface area contributed by atoms with Gasteiger partial charge in [0.2, 0.25) is 5.43 Å². The third-order valence-corrected chi connectivity index (χ3v) is 4.65. The first-order valence-corrected chi connectivity index (χ1v) is 10.1. The maximum absolute atomic E-state index is 13.0. The summed E-state index contributed by atoms with van der Waals surface area (Å²) >= 11 is 0. The standard InChI is InChI=1S/C23H29N3O5/c1-14(2)11-24-21(28)17-12-26(15(3)4)13-18(20(17)27)22(29)25-19(23(30)31-5)16-9-7-6-8-10-16/h6-10,12-15,19H,11H2,1-5H3,(H,24,28)(H,25,29)/t19-/m0/s1. The molecule has 2 rings (SSSR count). The summed E-state index contributed by atoms with van der Waals surface area (Å²) in [4.78, 5) is 50.9. The van der Waals surface area contributed by atoms with Gasteiger partial charge in [-0.2, -0.15) is 0 Å². The minimum absolute atomic E-state index is 0.102. The lowest BCUT2D eigenvalue weighted by Gasteiger charge is -2.19. The van der Waals surface area contributed by atoms with Crippen molar-refractivity contribution in [2.24, 2.45) is 5.92 Å². The number of nitrogens with zero attached hydrogens (tertiary/aromatic N) is 1. The summed E-state index contributed by atoms with van der Waals surface area (Å²) in [5, 5.41) is 5.27. The molecular formula is C23H29N3O5. The van der Waals surface area contributed by atoms with Gasteiger partial charge in [0.05, 0.1) is 7.11 Å². The summed E-state index contributed by atoms with van der Waals surface area (Å²) in [6, 6.07) is 7.37. The monoisotopic (exact) mass is 427 g/mol. The van der Waals surface area contributed by atoms with Gasteiger partial charge in [0.25, 0.3) is 11.8 Å². The minimum Gasteiger partial charge on any atom is -0.467 e. The van der Waals surface area contributed by atoms with E-state index in [0.29, 0.717) is 12.1 Å². The van der Waals surface area contributed by atoms with Gasteiger partial charge in [-0.3, -0.25) is 14.4 Å². The number of aromatic nitrogens is 1. The van der Waals surface area contributed by atoms with E-state index in [2.05, 4.69) is 10.6 Å². The molecule has 2 N–H and O–H groups in total. The molecule has 1 heterocycles. The number of benzene rings is 1. The molecule has 2 aromatic rings. The van der Waals surface area contributed by atoms with Gasteiger partial charge in [0.1, 0.15) is 11.1 Å². The van der Waals surface area contributed by atoms with Gasteiger partial charge in [-0.1, -0.05) is 44.2 Å². The molecule has 0 bridgehead atoms. The molecule has 1 atom stereocenters. The third kappa shape index (κ3) is 6.04. The maximum Gasteiger partial charge on any atom is 0.333 e. The number of pyridine rings is 1. The number of esters is 1.